The van der Waals surface area contributed by atoms with Gasteiger partial charge in [-0.25, -0.2) is 13.0 Å². The summed E-state index contributed by atoms with van der Waals surface area (Å²) in [5, 5.41) is 0. The van der Waals surface area contributed by atoms with Crippen LogP contribution >= 0.6 is 0 Å². The average Bonchev–Trinajstić information content (AvgIpc) is 2.46. The Balaban J connectivity index is 0.000000211. The highest BCUT2D eigenvalue weighted by molar-refractivity contribution is 7.84. The normalized spacial score (nSPS) is 10.6. The van der Waals surface area contributed by atoms with Crippen LogP contribution in [0.5, 0.6) is 0 Å². The van der Waals surface area contributed by atoms with Crippen molar-refractivity contribution >= 4 is 10.1 Å². The summed E-state index contributed by atoms with van der Waals surface area (Å²) in [7, 11) is -4.13. The Labute approximate surface area is 126 Å². The molecule has 0 N–H and O–H groups in total. The van der Waals surface area contributed by atoms with Crippen LogP contribution < -0.4 is 4.57 Å². The largest absolute Gasteiger partial charge is 0.748 e. The number of aryl methyl sites for hydroxylation is 1. The maximum atomic E-state index is 10.2. The fraction of sp³-hybridized carbons (Fsp3) is 0.312. The van der Waals surface area contributed by atoms with Crippen LogP contribution in [0.25, 0.3) is 0 Å². The maximum Gasteiger partial charge on any atom is 0.168 e. The lowest BCUT2D eigenvalue weighted by Gasteiger charge is -2.05. The first kappa shape index (κ1) is 17.3. The van der Waals surface area contributed by atoms with Crippen molar-refractivity contribution in [3.63, 3.8) is 0 Å². The van der Waals surface area contributed by atoms with Crippen LogP contribution in [0, 0.1) is 0 Å². The SMILES string of the molecule is CCCC[n+]1ccccc1.O=S(=O)([O-])Cc1ccccc1. The summed E-state index contributed by atoms with van der Waals surface area (Å²) in [5.74, 6) is -0.423. The molecule has 0 unspecified atom stereocenters. The monoisotopic (exact) mass is 307 g/mol. The molecule has 0 saturated heterocycles. The lowest BCUT2D eigenvalue weighted by molar-refractivity contribution is -0.697. The number of hydrogen-bond donors (Lipinski definition) is 0. The number of benzene rings is 1. The minimum Gasteiger partial charge on any atom is -0.748 e. The molecular weight excluding hydrogens is 286 g/mol. The minimum absolute atomic E-state index is 0.423. The fourth-order valence-electron chi connectivity index (χ4n) is 1.70. The quantitative estimate of drug-likeness (QED) is 0.630. The molecule has 2 aromatic rings. The molecule has 0 fully saturated rings. The van der Waals surface area contributed by atoms with Crippen LogP contribution in [0.2, 0.25) is 0 Å². The first-order valence-corrected chi connectivity index (χ1v) is 8.50. The third-order valence-corrected chi connectivity index (χ3v) is 3.42. The van der Waals surface area contributed by atoms with Crippen molar-refractivity contribution in [2.24, 2.45) is 0 Å². The second kappa shape index (κ2) is 9.26. The van der Waals surface area contributed by atoms with E-state index in [1.165, 1.54) is 12.8 Å². The van der Waals surface area contributed by atoms with E-state index in [2.05, 4.69) is 36.0 Å². The molecular formula is C16H21NO3S. The lowest BCUT2D eigenvalue weighted by Crippen LogP contribution is -2.31. The van der Waals surface area contributed by atoms with E-state index in [1.807, 2.05) is 6.07 Å². The van der Waals surface area contributed by atoms with E-state index in [0.29, 0.717) is 5.56 Å². The molecule has 2 rings (SSSR count). The van der Waals surface area contributed by atoms with Gasteiger partial charge in [0.25, 0.3) is 0 Å². The van der Waals surface area contributed by atoms with Crippen molar-refractivity contribution in [1.82, 2.24) is 0 Å². The van der Waals surface area contributed by atoms with Gasteiger partial charge in [-0.2, -0.15) is 0 Å². The number of unbranched alkanes of at least 4 members (excludes halogenated alkanes) is 1. The van der Waals surface area contributed by atoms with E-state index in [9.17, 15) is 13.0 Å². The van der Waals surface area contributed by atoms with Crippen LogP contribution in [0.4, 0.5) is 0 Å². The molecule has 0 aliphatic carbocycles. The molecule has 0 spiro atoms. The van der Waals surface area contributed by atoms with Gasteiger partial charge in [0.1, 0.15) is 6.54 Å². The molecule has 0 aliphatic rings. The minimum atomic E-state index is -4.13. The zero-order chi connectivity index (χ0) is 15.6. The van der Waals surface area contributed by atoms with Crippen molar-refractivity contribution in [3.05, 3.63) is 66.5 Å². The summed E-state index contributed by atoms with van der Waals surface area (Å²) in [5.41, 5.74) is 0.530. The Morgan fingerprint density at radius 2 is 1.57 bits per heavy atom. The van der Waals surface area contributed by atoms with Gasteiger partial charge in [-0.15, -0.1) is 0 Å². The molecule has 0 atom stereocenters. The molecule has 0 aliphatic heterocycles. The van der Waals surface area contributed by atoms with Crippen LogP contribution in [-0.4, -0.2) is 13.0 Å². The molecule has 21 heavy (non-hydrogen) atoms. The number of rotatable bonds is 5. The average molecular weight is 307 g/mol. The zero-order valence-electron chi connectivity index (χ0n) is 12.2. The van der Waals surface area contributed by atoms with Gasteiger partial charge in [0.05, 0.1) is 15.9 Å². The lowest BCUT2D eigenvalue weighted by atomic mass is 10.2. The highest BCUT2D eigenvalue weighted by Gasteiger charge is 1.96. The van der Waals surface area contributed by atoms with Crippen LogP contribution in [-0.2, 0) is 22.4 Å². The summed E-state index contributed by atoms with van der Waals surface area (Å²) < 4.78 is 32.9. The van der Waals surface area contributed by atoms with E-state index in [4.69, 9.17) is 0 Å². The second-order valence-electron chi connectivity index (χ2n) is 4.65. The maximum absolute atomic E-state index is 10.2. The van der Waals surface area contributed by atoms with Gasteiger partial charge in [0.15, 0.2) is 12.4 Å². The van der Waals surface area contributed by atoms with Gasteiger partial charge < -0.3 is 4.55 Å². The van der Waals surface area contributed by atoms with E-state index in [1.54, 1.807) is 30.3 Å². The van der Waals surface area contributed by atoms with E-state index < -0.39 is 15.9 Å². The molecule has 0 bridgehead atoms. The molecule has 5 heteroatoms. The van der Waals surface area contributed by atoms with Crippen molar-refractivity contribution in [1.29, 1.82) is 0 Å². The van der Waals surface area contributed by atoms with Crippen molar-refractivity contribution in [3.8, 4) is 0 Å². The summed E-state index contributed by atoms with van der Waals surface area (Å²) in [6.45, 7) is 3.36. The Bertz CT molecular complexity index is 598. The summed E-state index contributed by atoms with van der Waals surface area (Å²) in [6.07, 6.45) is 6.75. The molecule has 1 aromatic carbocycles. The van der Waals surface area contributed by atoms with Crippen molar-refractivity contribution in [2.45, 2.75) is 32.1 Å². The summed E-state index contributed by atoms with van der Waals surface area (Å²) in [4.78, 5) is 0. The number of pyridine rings is 1. The second-order valence-corrected chi connectivity index (χ2v) is 6.06. The molecule has 0 saturated carbocycles. The Hall–Kier alpha value is -1.72. The highest BCUT2D eigenvalue weighted by Crippen LogP contribution is 2.02. The Morgan fingerprint density at radius 1 is 1.00 bits per heavy atom. The molecule has 1 heterocycles. The Morgan fingerprint density at radius 3 is 2.10 bits per heavy atom. The van der Waals surface area contributed by atoms with Gasteiger partial charge in [-0.1, -0.05) is 49.7 Å². The van der Waals surface area contributed by atoms with Crippen LogP contribution in [0.15, 0.2) is 60.9 Å². The van der Waals surface area contributed by atoms with Gasteiger partial charge >= 0.3 is 0 Å². The Kier molecular flexibility index (Phi) is 7.64. The van der Waals surface area contributed by atoms with Gasteiger partial charge in [-0.05, 0) is 5.56 Å². The first-order chi connectivity index (χ1) is 10.0. The summed E-state index contributed by atoms with van der Waals surface area (Å²) >= 11 is 0. The van der Waals surface area contributed by atoms with Gasteiger partial charge in [-0.3, -0.25) is 0 Å². The third-order valence-electron chi connectivity index (χ3n) is 2.73. The van der Waals surface area contributed by atoms with Gasteiger partial charge in [0.2, 0.25) is 0 Å². The topological polar surface area (TPSA) is 61.1 Å². The fourth-order valence-corrected chi connectivity index (χ4v) is 2.30. The van der Waals surface area contributed by atoms with E-state index in [-0.39, 0.29) is 0 Å². The number of hydrogen-bond acceptors (Lipinski definition) is 3. The van der Waals surface area contributed by atoms with Crippen LogP contribution in [0.1, 0.15) is 25.3 Å². The summed E-state index contributed by atoms with van der Waals surface area (Å²) in [6, 6.07) is 14.5. The first-order valence-electron chi connectivity index (χ1n) is 6.93. The van der Waals surface area contributed by atoms with Crippen LogP contribution in [0.3, 0.4) is 0 Å². The number of nitrogens with zero attached hydrogens (tertiary/aromatic N) is 1. The third kappa shape index (κ3) is 8.94. The highest BCUT2D eigenvalue weighted by atomic mass is 32.2. The predicted octanol–water partition coefficient (Wildman–Crippen LogP) is 2.51. The smallest absolute Gasteiger partial charge is 0.168 e. The van der Waals surface area contributed by atoms with Crippen molar-refractivity contribution in [2.75, 3.05) is 0 Å². The number of aromatic nitrogens is 1. The molecule has 4 nitrogen and oxygen atoms in total. The van der Waals surface area contributed by atoms with E-state index >= 15 is 0 Å². The van der Waals surface area contributed by atoms with E-state index in [0.717, 1.165) is 6.54 Å². The molecule has 0 radical (unpaired) electrons. The zero-order valence-corrected chi connectivity index (χ0v) is 13.0. The predicted molar refractivity (Wildman–Crippen MR) is 81.4 cm³/mol. The van der Waals surface area contributed by atoms with Crippen molar-refractivity contribution < 1.29 is 17.5 Å². The molecule has 0 amide bonds. The van der Waals surface area contributed by atoms with Gasteiger partial charge in [0, 0.05) is 18.6 Å². The molecule has 1 aromatic heterocycles. The standard InChI is InChI=1S/C9H14N.C7H8O3S/c1-2-3-7-10-8-5-4-6-9-10;8-11(9,10)6-7-4-2-1-3-5-7/h4-6,8-9H,2-3,7H2,1H3;1-5H,6H2,(H,8,9,10)/q+1;/p-1. The molecule has 114 valence electrons.